The van der Waals surface area contributed by atoms with Crippen LogP contribution in [0.3, 0.4) is 0 Å². The first kappa shape index (κ1) is 12.5. The first-order valence-corrected chi connectivity index (χ1v) is 5.77. The lowest BCUT2D eigenvalue weighted by molar-refractivity contribution is 0.0982. The molecule has 3 N–H and O–H groups in total. The molecule has 1 fully saturated rings. The first-order chi connectivity index (χ1) is 7.15. The molecule has 1 aliphatic rings. The van der Waals surface area contributed by atoms with Crippen molar-refractivity contribution in [3.8, 4) is 0 Å². The molecule has 1 unspecified atom stereocenters. The van der Waals surface area contributed by atoms with Crippen molar-refractivity contribution in [2.45, 2.75) is 32.2 Å². The van der Waals surface area contributed by atoms with Crippen molar-refractivity contribution in [2.24, 2.45) is 11.7 Å². The molecule has 1 saturated carbocycles. The summed E-state index contributed by atoms with van der Waals surface area (Å²) >= 11 is 0. The molecule has 0 heterocycles. The highest BCUT2D eigenvalue weighted by Crippen LogP contribution is 2.28. The Labute approximate surface area is 92.3 Å². The zero-order valence-corrected chi connectivity index (χ0v) is 9.83. The summed E-state index contributed by atoms with van der Waals surface area (Å²) in [6, 6.07) is 0.0644. The molecule has 0 aromatic rings. The summed E-state index contributed by atoms with van der Waals surface area (Å²) in [5, 5.41) is 7.44. The van der Waals surface area contributed by atoms with Gasteiger partial charge in [0.1, 0.15) is 5.84 Å². The van der Waals surface area contributed by atoms with E-state index in [9.17, 15) is 0 Å². The van der Waals surface area contributed by atoms with Gasteiger partial charge in [0.15, 0.2) is 0 Å². The summed E-state index contributed by atoms with van der Waals surface area (Å²) in [5.74, 6) is 1.08. The Morgan fingerprint density at radius 3 is 2.73 bits per heavy atom. The number of nitrogens with one attached hydrogen (secondary N) is 1. The lowest BCUT2D eigenvalue weighted by atomic mass is 10.2. The largest absolute Gasteiger partial charge is 0.386 e. The second-order valence-electron chi connectivity index (χ2n) is 4.38. The molecule has 15 heavy (non-hydrogen) atoms. The van der Waals surface area contributed by atoms with Crippen LogP contribution < -0.4 is 5.73 Å². The number of likely N-dealkylation sites (N-methyl/N-ethyl adjacent to an activating group) is 1. The number of nitrogens with zero attached hydrogens (tertiary/aromatic N) is 1. The Morgan fingerprint density at radius 1 is 1.60 bits per heavy atom. The fourth-order valence-electron chi connectivity index (χ4n) is 1.67. The van der Waals surface area contributed by atoms with E-state index in [4.69, 9.17) is 15.9 Å². The average molecular weight is 213 g/mol. The SMILES string of the molecule is CCC(C(=N)N)N(C)CCOCC1CC1. The van der Waals surface area contributed by atoms with Crippen LogP contribution in [0.4, 0.5) is 0 Å². The van der Waals surface area contributed by atoms with Crippen LogP contribution in [0.5, 0.6) is 0 Å². The monoisotopic (exact) mass is 213 g/mol. The smallest absolute Gasteiger partial charge is 0.108 e. The number of ether oxygens (including phenoxy) is 1. The molecule has 4 heteroatoms. The Balaban J connectivity index is 2.09. The van der Waals surface area contributed by atoms with E-state index < -0.39 is 0 Å². The zero-order chi connectivity index (χ0) is 11.3. The second kappa shape index (κ2) is 6.08. The third kappa shape index (κ3) is 4.62. The van der Waals surface area contributed by atoms with Crippen molar-refractivity contribution in [2.75, 3.05) is 26.8 Å². The van der Waals surface area contributed by atoms with Gasteiger partial charge in [-0.2, -0.15) is 0 Å². The molecule has 0 bridgehead atoms. The van der Waals surface area contributed by atoms with Crippen LogP contribution >= 0.6 is 0 Å². The number of hydrogen-bond acceptors (Lipinski definition) is 3. The molecule has 0 aromatic carbocycles. The van der Waals surface area contributed by atoms with Crippen molar-refractivity contribution in [3.63, 3.8) is 0 Å². The minimum Gasteiger partial charge on any atom is -0.386 e. The van der Waals surface area contributed by atoms with Crippen molar-refractivity contribution < 1.29 is 4.74 Å². The molecule has 0 aliphatic heterocycles. The Kier molecular flexibility index (Phi) is 5.05. The predicted octanol–water partition coefficient (Wildman–Crippen LogP) is 1.06. The van der Waals surface area contributed by atoms with Crippen molar-refractivity contribution in [3.05, 3.63) is 0 Å². The van der Waals surface area contributed by atoms with Crippen LogP contribution in [-0.4, -0.2) is 43.6 Å². The van der Waals surface area contributed by atoms with Gasteiger partial charge in [0.2, 0.25) is 0 Å². The molecule has 4 nitrogen and oxygen atoms in total. The topological polar surface area (TPSA) is 62.3 Å². The fourth-order valence-corrected chi connectivity index (χ4v) is 1.67. The normalized spacial score (nSPS) is 18.1. The highest BCUT2D eigenvalue weighted by molar-refractivity contribution is 5.82. The lowest BCUT2D eigenvalue weighted by Crippen LogP contribution is -2.43. The van der Waals surface area contributed by atoms with Gasteiger partial charge in [0.05, 0.1) is 12.6 Å². The first-order valence-electron chi connectivity index (χ1n) is 5.77. The molecular formula is C11H23N3O. The quantitative estimate of drug-likeness (QED) is 0.360. The van der Waals surface area contributed by atoms with Crippen LogP contribution in [0.15, 0.2) is 0 Å². The molecular weight excluding hydrogens is 190 g/mol. The highest BCUT2D eigenvalue weighted by atomic mass is 16.5. The molecule has 0 radical (unpaired) electrons. The van der Waals surface area contributed by atoms with Gasteiger partial charge in [0.25, 0.3) is 0 Å². The van der Waals surface area contributed by atoms with Crippen LogP contribution in [-0.2, 0) is 4.74 Å². The van der Waals surface area contributed by atoms with Gasteiger partial charge in [-0.05, 0) is 32.2 Å². The van der Waals surface area contributed by atoms with Crippen LogP contribution in [0.1, 0.15) is 26.2 Å². The minimum atomic E-state index is 0.0644. The van der Waals surface area contributed by atoms with E-state index in [1.54, 1.807) is 0 Å². The Morgan fingerprint density at radius 2 is 2.27 bits per heavy atom. The third-order valence-corrected chi connectivity index (χ3v) is 2.92. The van der Waals surface area contributed by atoms with Crippen molar-refractivity contribution >= 4 is 5.84 Å². The molecule has 88 valence electrons. The predicted molar refractivity (Wildman–Crippen MR) is 62.2 cm³/mol. The molecule has 0 aromatic heterocycles. The van der Waals surface area contributed by atoms with Gasteiger partial charge in [0, 0.05) is 13.2 Å². The van der Waals surface area contributed by atoms with Gasteiger partial charge in [-0.15, -0.1) is 0 Å². The number of rotatable bonds is 8. The van der Waals surface area contributed by atoms with Crippen LogP contribution in [0.25, 0.3) is 0 Å². The number of amidine groups is 1. The van der Waals surface area contributed by atoms with E-state index in [1.807, 2.05) is 14.0 Å². The van der Waals surface area contributed by atoms with E-state index in [0.717, 1.165) is 32.1 Å². The van der Waals surface area contributed by atoms with E-state index in [-0.39, 0.29) is 11.9 Å². The Bertz CT molecular complexity index is 204. The van der Waals surface area contributed by atoms with E-state index >= 15 is 0 Å². The zero-order valence-electron chi connectivity index (χ0n) is 9.83. The van der Waals surface area contributed by atoms with Crippen LogP contribution in [0.2, 0.25) is 0 Å². The standard InChI is InChI=1S/C11H23N3O/c1-3-10(11(12)13)14(2)6-7-15-8-9-4-5-9/h9-10H,3-8H2,1-2H3,(H3,12,13). The minimum absolute atomic E-state index is 0.0644. The summed E-state index contributed by atoms with van der Waals surface area (Å²) in [4.78, 5) is 2.09. The summed E-state index contributed by atoms with van der Waals surface area (Å²) in [6.07, 6.45) is 3.55. The van der Waals surface area contributed by atoms with Gasteiger partial charge >= 0.3 is 0 Å². The molecule has 1 atom stereocenters. The van der Waals surface area contributed by atoms with E-state index in [2.05, 4.69) is 4.90 Å². The highest BCUT2D eigenvalue weighted by Gasteiger charge is 2.21. The van der Waals surface area contributed by atoms with Gasteiger partial charge in [-0.3, -0.25) is 10.3 Å². The van der Waals surface area contributed by atoms with Gasteiger partial charge < -0.3 is 10.5 Å². The summed E-state index contributed by atoms with van der Waals surface area (Å²) in [6.45, 7) is 4.56. The third-order valence-electron chi connectivity index (χ3n) is 2.92. The molecule has 0 saturated heterocycles. The second-order valence-corrected chi connectivity index (χ2v) is 4.38. The van der Waals surface area contributed by atoms with E-state index in [1.165, 1.54) is 12.8 Å². The van der Waals surface area contributed by atoms with E-state index in [0.29, 0.717) is 0 Å². The van der Waals surface area contributed by atoms with Crippen molar-refractivity contribution in [1.29, 1.82) is 5.41 Å². The number of nitrogens with two attached hydrogens (primary N) is 1. The maximum atomic E-state index is 7.44. The molecule has 1 rings (SSSR count). The fraction of sp³-hybridized carbons (Fsp3) is 0.909. The Hall–Kier alpha value is -0.610. The maximum absolute atomic E-state index is 7.44. The maximum Gasteiger partial charge on any atom is 0.108 e. The molecule has 1 aliphatic carbocycles. The lowest BCUT2D eigenvalue weighted by Gasteiger charge is -2.25. The molecule has 0 spiro atoms. The average Bonchev–Trinajstić information content (AvgIpc) is 2.96. The summed E-state index contributed by atoms with van der Waals surface area (Å²) in [5.41, 5.74) is 5.51. The van der Waals surface area contributed by atoms with Crippen LogP contribution in [0, 0.1) is 11.3 Å². The molecule has 0 amide bonds. The van der Waals surface area contributed by atoms with Gasteiger partial charge in [-0.1, -0.05) is 6.92 Å². The van der Waals surface area contributed by atoms with Gasteiger partial charge in [-0.25, -0.2) is 0 Å². The number of hydrogen-bond donors (Lipinski definition) is 2. The van der Waals surface area contributed by atoms with Crippen molar-refractivity contribution in [1.82, 2.24) is 4.90 Å². The summed E-state index contributed by atoms with van der Waals surface area (Å²) in [7, 11) is 2.00. The summed E-state index contributed by atoms with van der Waals surface area (Å²) < 4.78 is 5.55.